The van der Waals surface area contributed by atoms with Gasteiger partial charge < -0.3 is 10.6 Å². The molecule has 0 saturated carbocycles. The Morgan fingerprint density at radius 3 is 2.56 bits per heavy atom. The van der Waals surface area contributed by atoms with Crippen LogP contribution in [0.15, 0.2) is 47.4 Å². The van der Waals surface area contributed by atoms with Gasteiger partial charge in [-0.15, -0.1) is 0 Å². The van der Waals surface area contributed by atoms with E-state index in [-0.39, 0.29) is 33.7 Å². The molecule has 0 aliphatic heterocycles. The average Bonchev–Trinajstić information content (AvgIpc) is 2.59. The van der Waals surface area contributed by atoms with Crippen molar-refractivity contribution in [1.82, 2.24) is 10.6 Å². The molecule has 0 aromatic heterocycles. The number of rotatable bonds is 8. The van der Waals surface area contributed by atoms with E-state index in [4.69, 9.17) is 0 Å². The number of benzene rings is 2. The van der Waals surface area contributed by atoms with E-state index in [2.05, 4.69) is 15.4 Å². The van der Waals surface area contributed by atoms with Crippen molar-refractivity contribution >= 4 is 21.6 Å². The monoisotopic (exact) mass is 393 g/mol. The molecule has 27 heavy (non-hydrogen) atoms. The van der Waals surface area contributed by atoms with Crippen LogP contribution in [0.25, 0.3) is 0 Å². The number of carbonyl (C=O) groups is 1. The number of para-hydroxylation sites is 1. The SMILES string of the molecule is CCN[C@H](C)CNC(=O)c1ccccc1NS(=O)(=O)c1ccc(F)cc1C. The highest BCUT2D eigenvalue weighted by atomic mass is 32.2. The van der Waals surface area contributed by atoms with Crippen molar-refractivity contribution in [1.29, 1.82) is 0 Å². The molecule has 2 rings (SSSR count). The third kappa shape index (κ3) is 5.51. The van der Waals surface area contributed by atoms with Gasteiger partial charge in [0.15, 0.2) is 0 Å². The predicted octanol–water partition coefficient (Wildman–Crippen LogP) is 2.66. The van der Waals surface area contributed by atoms with E-state index in [1.54, 1.807) is 18.2 Å². The summed E-state index contributed by atoms with van der Waals surface area (Å²) in [4.78, 5) is 12.4. The maximum atomic E-state index is 13.3. The summed E-state index contributed by atoms with van der Waals surface area (Å²) < 4.78 is 41.1. The van der Waals surface area contributed by atoms with Crippen LogP contribution in [0.4, 0.5) is 10.1 Å². The molecule has 0 saturated heterocycles. The number of hydrogen-bond acceptors (Lipinski definition) is 4. The average molecular weight is 393 g/mol. The summed E-state index contributed by atoms with van der Waals surface area (Å²) in [5, 5.41) is 5.96. The van der Waals surface area contributed by atoms with Crippen molar-refractivity contribution in [2.75, 3.05) is 17.8 Å². The lowest BCUT2D eigenvalue weighted by Gasteiger charge is -2.16. The topological polar surface area (TPSA) is 87.3 Å². The number of halogens is 1. The standard InChI is InChI=1S/C19H24FN3O3S/c1-4-21-14(3)12-22-19(24)16-7-5-6-8-17(16)23-27(25,26)18-10-9-15(20)11-13(18)2/h5-11,14,21,23H,4,12H2,1-3H3,(H,22,24)/t14-/m1/s1. The van der Waals surface area contributed by atoms with Gasteiger partial charge in [-0.1, -0.05) is 19.1 Å². The summed E-state index contributed by atoms with van der Waals surface area (Å²) in [7, 11) is -3.97. The summed E-state index contributed by atoms with van der Waals surface area (Å²) in [6.45, 7) is 6.61. The van der Waals surface area contributed by atoms with Gasteiger partial charge in [-0.3, -0.25) is 9.52 Å². The first kappa shape index (κ1) is 20.9. The Balaban J connectivity index is 2.23. The van der Waals surface area contributed by atoms with E-state index in [1.807, 2.05) is 13.8 Å². The zero-order valence-electron chi connectivity index (χ0n) is 15.5. The normalized spacial score (nSPS) is 12.4. The molecule has 2 aromatic rings. The third-order valence-corrected chi connectivity index (χ3v) is 5.49. The third-order valence-electron chi connectivity index (χ3n) is 3.96. The molecule has 0 unspecified atom stereocenters. The minimum absolute atomic E-state index is 0.0418. The van der Waals surface area contributed by atoms with Crippen molar-refractivity contribution in [2.45, 2.75) is 31.7 Å². The van der Waals surface area contributed by atoms with E-state index < -0.39 is 15.8 Å². The molecule has 0 aliphatic rings. The van der Waals surface area contributed by atoms with Crippen LogP contribution in [-0.4, -0.2) is 33.5 Å². The lowest BCUT2D eigenvalue weighted by Crippen LogP contribution is -2.39. The van der Waals surface area contributed by atoms with Crippen LogP contribution >= 0.6 is 0 Å². The minimum atomic E-state index is -3.97. The minimum Gasteiger partial charge on any atom is -0.350 e. The van der Waals surface area contributed by atoms with Gasteiger partial charge >= 0.3 is 0 Å². The second-order valence-corrected chi connectivity index (χ2v) is 7.88. The fourth-order valence-electron chi connectivity index (χ4n) is 2.65. The van der Waals surface area contributed by atoms with Crippen molar-refractivity contribution < 1.29 is 17.6 Å². The van der Waals surface area contributed by atoms with Gasteiger partial charge in [-0.05, 0) is 56.3 Å². The van der Waals surface area contributed by atoms with Crippen LogP contribution in [0.5, 0.6) is 0 Å². The van der Waals surface area contributed by atoms with Crippen LogP contribution in [0.1, 0.15) is 29.8 Å². The van der Waals surface area contributed by atoms with Gasteiger partial charge in [0.1, 0.15) is 5.82 Å². The molecular weight excluding hydrogens is 369 g/mol. The smallest absolute Gasteiger partial charge is 0.262 e. The van der Waals surface area contributed by atoms with Crippen LogP contribution < -0.4 is 15.4 Å². The Hall–Kier alpha value is -2.45. The van der Waals surface area contributed by atoms with Crippen LogP contribution in [0, 0.1) is 12.7 Å². The maximum absolute atomic E-state index is 13.3. The van der Waals surface area contributed by atoms with Gasteiger partial charge in [0.05, 0.1) is 16.1 Å². The van der Waals surface area contributed by atoms with Gasteiger partial charge in [0.25, 0.3) is 15.9 Å². The molecule has 0 aliphatic carbocycles. The second kappa shape index (κ2) is 8.96. The predicted molar refractivity (Wildman–Crippen MR) is 104 cm³/mol. The van der Waals surface area contributed by atoms with E-state index in [9.17, 15) is 17.6 Å². The molecule has 2 aromatic carbocycles. The van der Waals surface area contributed by atoms with Gasteiger partial charge in [-0.2, -0.15) is 0 Å². The number of likely N-dealkylation sites (N-methyl/N-ethyl adjacent to an activating group) is 1. The molecule has 0 spiro atoms. The van der Waals surface area contributed by atoms with E-state index in [0.29, 0.717) is 6.54 Å². The lowest BCUT2D eigenvalue weighted by molar-refractivity contribution is 0.0951. The van der Waals surface area contributed by atoms with Crippen LogP contribution in [0.3, 0.4) is 0 Å². The zero-order valence-corrected chi connectivity index (χ0v) is 16.4. The fraction of sp³-hybridized carbons (Fsp3) is 0.316. The zero-order chi connectivity index (χ0) is 20.0. The molecule has 0 bridgehead atoms. The van der Waals surface area contributed by atoms with Crippen molar-refractivity contribution in [3.05, 3.63) is 59.4 Å². The number of hydrogen-bond donors (Lipinski definition) is 3. The van der Waals surface area contributed by atoms with Gasteiger partial charge in [0, 0.05) is 12.6 Å². The first-order chi connectivity index (χ1) is 12.7. The quantitative estimate of drug-likeness (QED) is 0.643. The number of aryl methyl sites for hydroxylation is 1. The molecular formula is C19H24FN3O3S. The highest BCUT2D eigenvalue weighted by Gasteiger charge is 2.20. The fourth-order valence-corrected chi connectivity index (χ4v) is 3.95. The summed E-state index contributed by atoms with van der Waals surface area (Å²) >= 11 is 0. The number of anilines is 1. The molecule has 1 amide bonds. The molecule has 0 fully saturated rings. The summed E-state index contributed by atoms with van der Waals surface area (Å²) in [5.74, 6) is -0.894. The molecule has 6 nitrogen and oxygen atoms in total. The Morgan fingerprint density at radius 2 is 1.89 bits per heavy atom. The first-order valence-corrected chi connectivity index (χ1v) is 10.1. The van der Waals surface area contributed by atoms with Crippen molar-refractivity contribution in [3.8, 4) is 0 Å². The number of sulfonamides is 1. The van der Waals surface area contributed by atoms with Gasteiger partial charge in [0.2, 0.25) is 0 Å². The Kier molecular flexibility index (Phi) is 6.92. The Labute approximate surface area is 159 Å². The molecule has 0 heterocycles. The number of nitrogens with one attached hydrogen (secondary N) is 3. The molecule has 146 valence electrons. The lowest BCUT2D eigenvalue weighted by atomic mass is 10.1. The van der Waals surface area contributed by atoms with Gasteiger partial charge in [-0.25, -0.2) is 12.8 Å². The van der Waals surface area contributed by atoms with Crippen LogP contribution in [-0.2, 0) is 10.0 Å². The summed E-state index contributed by atoms with van der Waals surface area (Å²) in [6, 6.07) is 9.87. The number of carbonyl (C=O) groups excluding carboxylic acids is 1. The summed E-state index contributed by atoms with van der Waals surface area (Å²) in [6.07, 6.45) is 0. The van der Waals surface area contributed by atoms with E-state index in [0.717, 1.165) is 18.7 Å². The van der Waals surface area contributed by atoms with E-state index in [1.165, 1.54) is 19.1 Å². The van der Waals surface area contributed by atoms with Crippen molar-refractivity contribution in [2.24, 2.45) is 0 Å². The second-order valence-electron chi connectivity index (χ2n) is 6.23. The highest BCUT2D eigenvalue weighted by Crippen LogP contribution is 2.22. The first-order valence-electron chi connectivity index (χ1n) is 8.64. The molecule has 0 radical (unpaired) electrons. The Bertz CT molecular complexity index is 916. The summed E-state index contributed by atoms with van der Waals surface area (Å²) in [5.41, 5.74) is 0.656. The van der Waals surface area contributed by atoms with Crippen LogP contribution in [0.2, 0.25) is 0 Å². The Morgan fingerprint density at radius 1 is 1.19 bits per heavy atom. The number of amides is 1. The molecule has 3 N–H and O–H groups in total. The van der Waals surface area contributed by atoms with E-state index >= 15 is 0 Å². The largest absolute Gasteiger partial charge is 0.350 e. The van der Waals surface area contributed by atoms with Crippen molar-refractivity contribution in [3.63, 3.8) is 0 Å². The molecule has 8 heteroatoms. The molecule has 1 atom stereocenters. The highest BCUT2D eigenvalue weighted by molar-refractivity contribution is 7.92. The maximum Gasteiger partial charge on any atom is 0.262 e.